The molecule has 0 spiro atoms. The summed E-state index contributed by atoms with van der Waals surface area (Å²) in [4.78, 5) is 10.3. The predicted octanol–water partition coefficient (Wildman–Crippen LogP) is 1.60. The first-order valence-corrected chi connectivity index (χ1v) is 4.83. The zero-order chi connectivity index (χ0) is 9.68. The summed E-state index contributed by atoms with van der Waals surface area (Å²) in [7, 11) is 0. The first-order chi connectivity index (χ1) is 6.22. The molecule has 1 fully saturated rings. The number of ether oxygens (including phenoxy) is 1. The molecule has 0 saturated heterocycles. The van der Waals surface area contributed by atoms with E-state index in [9.17, 15) is 4.79 Å². The van der Waals surface area contributed by atoms with E-state index in [1.807, 2.05) is 6.92 Å². The summed E-state index contributed by atoms with van der Waals surface area (Å²) in [6.07, 6.45) is 3.17. The molecule has 0 bridgehead atoms. The molecule has 0 aromatic carbocycles. The fraction of sp³-hybridized carbons (Fsp3) is 0.889. The highest BCUT2D eigenvalue weighted by atomic mass is 16.5. The van der Waals surface area contributed by atoms with Gasteiger partial charge in [0.05, 0.1) is 6.10 Å². The number of carboxylic acid groups (broad SMARTS) is 1. The van der Waals surface area contributed by atoms with Gasteiger partial charge in [-0.25, -0.2) is 4.79 Å². The highest BCUT2D eigenvalue weighted by Gasteiger charge is 2.21. The average Bonchev–Trinajstić information content (AvgIpc) is 2.08. The van der Waals surface area contributed by atoms with E-state index in [1.54, 1.807) is 0 Å². The highest BCUT2D eigenvalue weighted by molar-refractivity contribution is 5.64. The van der Waals surface area contributed by atoms with Crippen LogP contribution in [0.3, 0.4) is 0 Å². The van der Waals surface area contributed by atoms with E-state index in [-0.39, 0.29) is 6.04 Å². The lowest BCUT2D eigenvalue weighted by atomic mass is 9.93. The van der Waals surface area contributed by atoms with Gasteiger partial charge in [-0.2, -0.15) is 0 Å². The smallest absolute Gasteiger partial charge is 0.404 e. The van der Waals surface area contributed by atoms with Crippen molar-refractivity contribution in [2.24, 2.45) is 0 Å². The summed E-state index contributed by atoms with van der Waals surface area (Å²) in [6, 6.07) is 0.134. The fourth-order valence-electron chi connectivity index (χ4n) is 1.78. The van der Waals surface area contributed by atoms with E-state index in [4.69, 9.17) is 9.84 Å². The average molecular weight is 187 g/mol. The minimum Gasteiger partial charge on any atom is -0.465 e. The molecular formula is C9H17NO3. The van der Waals surface area contributed by atoms with Crippen LogP contribution in [0, 0.1) is 0 Å². The van der Waals surface area contributed by atoms with Crippen molar-refractivity contribution in [3.8, 4) is 0 Å². The third-order valence-corrected chi connectivity index (χ3v) is 2.40. The minimum atomic E-state index is -0.917. The lowest BCUT2D eigenvalue weighted by Crippen LogP contribution is -2.38. The van der Waals surface area contributed by atoms with Crippen LogP contribution >= 0.6 is 0 Å². The summed E-state index contributed by atoms with van der Waals surface area (Å²) in [6.45, 7) is 2.74. The largest absolute Gasteiger partial charge is 0.465 e. The van der Waals surface area contributed by atoms with Crippen LogP contribution < -0.4 is 5.32 Å². The maximum absolute atomic E-state index is 10.3. The van der Waals surface area contributed by atoms with Crippen molar-refractivity contribution in [3.63, 3.8) is 0 Å². The Labute approximate surface area is 78.3 Å². The summed E-state index contributed by atoms with van der Waals surface area (Å²) in [5, 5.41) is 11.0. The monoisotopic (exact) mass is 187 g/mol. The lowest BCUT2D eigenvalue weighted by molar-refractivity contribution is 0.0305. The molecule has 0 atom stereocenters. The summed E-state index contributed by atoms with van der Waals surface area (Å²) < 4.78 is 5.46. The molecule has 4 heteroatoms. The minimum absolute atomic E-state index is 0.134. The SMILES string of the molecule is CCOC1CCC(NC(=O)O)CC1. The molecule has 76 valence electrons. The van der Waals surface area contributed by atoms with Gasteiger partial charge in [0.25, 0.3) is 0 Å². The van der Waals surface area contributed by atoms with E-state index >= 15 is 0 Å². The molecule has 0 heterocycles. The Balaban J connectivity index is 2.18. The number of hydrogen-bond acceptors (Lipinski definition) is 2. The van der Waals surface area contributed by atoms with Crippen molar-refractivity contribution < 1.29 is 14.6 Å². The number of rotatable bonds is 3. The molecule has 13 heavy (non-hydrogen) atoms. The van der Waals surface area contributed by atoms with E-state index < -0.39 is 6.09 Å². The van der Waals surface area contributed by atoms with Gasteiger partial charge in [-0.3, -0.25) is 0 Å². The van der Waals surface area contributed by atoms with Crippen molar-refractivity contribution in [1.29, 1.82) is 0 Å². The third kappa shape index (κ3) is 3.63. The second-order valence-corrected chi connectivity index (χ2v) is 3.38. The normalized spacial score (nSPS) is 28.4. The summed E-state index contributed by atoms with van der Waals surface area (Å²) >= 11 is 0. The molecular weight excluding hydrogens is 170 g/mol. The predicted molar refractivity (Wildman–Crippen MR) is 48.8 cm³/mol. The highest BCUT2D eigenvalue weighted by Crippen LogP contribution is 2.20. The summed E-state index contributed by atoms with van der Waals surface area (Å²) in [5.41, 5.74) is 0. The van der Waals surface area contributed by atoms with Gasteiger partial charge >= 0.3 is 6.09 Å². The van der Waals surface area contributed by atoms with Crippen LogP contribution in [-0.4, -0.2) is 30.0 Å². The van der Waals surface area contributed by atoms with Gasteiger partial charge in [-0.15, -0.1) is 0 Å². The maximum Gasteiger partial charge on any atom is 0.404 e. The van der Waals surface area contributed by atoms with Crippen LogP contribution in [-0.2, 0) is 4.74 Å². The topological polar surface area (TPSA) is 58.6 Å². The standard InChI is InChI=1S/C9H17NO3/c1-2-13-8-5-3-7(4-6-8)10-9(11)12/h7-8,10H,2-6H2,1H3,(H,11,12). The van der Waals surface area contributed by atoms with Crippen molar-refractivity contribution in [2.75, 3.05) is 6.61 Å². The molecule has 0 unspecified atom stereocenters. The van der Waals surface area contributed by atoms with Gasteiger partial charge in [-0.05, 0) is 32.6 Å². The first-order valence-electron chi connectivity index (χ1n) is 4.83. The van der Waals surface area contributed by atoms with Gasteiger partial charge in [0.2, 0.25) is 0 Å². The van der Waals surface area contributed by atoms with Gasteiger partial charge in [0.1, 0.15) is 0 Å². The third-order valence-electron chi connectivity index (χ3n) is 2.40. The molecule has 4 nitrogen and oxygen atoms in total. The summed E-state index contributed by atoms with van der Waals surface area (Å²) in [5.74, 6) is 0. The van der Waals surface area contributed by atoms with E-state index in [2.05, 4.69) is 5.32 Å². The molecule has 0 aliphatic heterocycles. The van der Waals surface area contributed by atoms with Gasteiger partial charge in [0, 0.05) is 12.6 Å². The fourth-order valence-corrected chi connectivity index (χ4v) is 1.78. The van der Waals surface area contributed by atoms with Crippen molar-refractivity contribution in [2.45, 2.75) is 44.8 Å². The second-order valence-electron chi connectivity index (χ2n) is 3.38. The van der Waals surface area contributed by atoms with Gasteiger partial charge in [-0.1, -0.05) is 0 Å². The zero-order valence-corrected chi connectivity index (χ0v) is 7.95. The number of amides is 1. The maximum atomic E-state index is 10.3. The molecule has 0 radical (unpaired) electrons. The van der Waals surface area contributed by atoms with Crippen LogP contribution in [0.5, 0.6) is 0 Å². The Hall–Kier alpha value is -0.770. The molecule has 1 aliphatic carbocycles. The zero-order valence-electron chi connectivity index (χ0n) is 7.95. The van der Waals surface area contributed by atoms with Crippen LogP contribution in [0.4, 0.5) is 4.79 Å². The van der Waals surface area contributed by atoms with E-state index in [0.29, 0.717) is 6.10 Å². The van der Waals surface area contributed by atoms with Crippen LogP contribution in [0.15, 0.2) is 0 Å². The molecule has 1 amide bonds. The Morgan fingerprint density at radius 1 is 1.46 bits per heavy atom. The lowest BCUT2D eigenvalue weighted by Gasteiger charge is -2.27. The molecule has 1 aliphatic rings. The van der Waals surface area contributed by atoms with Crippen molar-refractivity contribution >= 4 is 6.09 Å². The Kier molecular flexibility index (Phi) is 4.02. The van der Waals surface area contributed by atoms with Crippen molar-refractivity contribution in [3.05, 3.63) is 0 Å². The van der Waals surface area contributed by atoms with Crippen LogP contribution in [0.1, 0.15) is 32.6 Å². The molecule has 2 N–H and O–H groups in total. The Morgan fingerprint density at radius 2 is 2.08 bits per heavy atom. The second kappa shape index (κ2) is 5.07. The Bertz CT molecular complexity index is 164. The number of hydrogen-bond donors (Lipinski definition) is 2. The Morgan fingerprint density at radius 3 is 2.54 bits per heavy atom. The van der Waals surface area contributed by atoms with Gasteiger partial charge < -0.3 is 15.2 Å². The van der Waals surface area contributed by atoms with E-state index in [0.717, 1.165) is 32.3 Å². The van der Waals surface area contributed by atoms with Crippen molar-refractivity contribution in [1.82, 2.24) is 5.32 Å². The molecule has 0 aromatic rings. The number of carbonyl (C=O) groups is 1. The molecule has 0 aromatic heterocycles. The van der Waals surface area contributed by atoms with Crippen LogP contribution in [0.2, 0.25) is 0 Å². The molecule has 1 rings (SSSR count). The number of nitrogens with one attached hydrogen (secondary N) is 1. The quantitative estimate of drug-likeness (QED) is 0.705. The van der Waals surface area contributed by atoms with Crippen LogP contribution in [0.25, 0.3) is 0 Å². The first kappa shape index (κ1) is 10.3. The van der Waals surface area contributed by atoms with Gasteiger partial charge in [0.15, 0.2) is 0 Å². The van der Waals surface area contributed by atoms with E-state index in [1.165, 1.54) is 0 Å². The molecule has 1 saturated carbocycles.